The maximum atomic E-state index is 10.4. The van der Waals surface area contributed by atoms with E-state index in [4.69, 9.17) is 0 Å². The quantitative estimate of drug-likeness (QED) is 0.481. The molecule has 0 saturated heterocycles. The van der Waals surface area contributed by atoms with Gasteiger partial charge in [-0.15, -0.1) is 0 Å². The molecule has 0 aromatic heterocycles. The molecule has 4 aromatic rings. The van der Waals surface area contributed by atoms with Crippen molar-refractivity contribution < 1.29 is 10.2 Å². The lowest BCUT2D eigenvalue weighted by atomic mass is 9.81. The summed E-state index contributed by atoms with van der Waals surface area (Å²) < 4.78 is 0. The zero-order valence-electron chi connectivity index (χ0n) is 12.1. The molecule has 5 rings (SSSR count). The van der Waals surface area contributed by atoms with E-state index in [1.807, 2.05) is 0 Å². The number of aryl methyl sites for hydroxylation is 1. The highest BCUT2D eigenvalue weighted by molar-refractivity contribution is 6.23. The minimum absolute atomic E-state index is 0.623. The number of hydrogen-bond acceptors (Lipinski definition) is 2. The number of aliphatic hydroxyl groups excluding tert-OH is 2. The van der Waals surface area contributed by atoms with Gasteiger partial charge in [0.1, 0.15) is 6.10 Å². The second-order valence-corrected chi connectivity index (χ2v) is 6.35. The summed E-state index contributed by atoms with van der Waals surface area (Å²) in [6.07, 6.45) is 0.0197. The second kappa shape index (κ2) is 4.19. The molecule has 0 fully saturated rings. The van der Waals surface area contributed by atoms with E-state index < -0.39 is 12.2 Å². The SMILES string of the molecule is OC1CCc2c(cc3ccc4cccc5ccc2c3c45)C1O. The zero-order chi connectivity index (χ0) is 14.8. The van der Waals surface area contributed by atoms with Crippen molar-refractivity contribution in [3.05, 3.63) is 59.7 Å². The van der Waals surface area contributed by atoms with Gasteiger partial charge in [-0.25, -0.2) is 0 Å². The summed E-state index contributed by atoms with van der Waals surface area (Å²) in [5.74, 6) is 0. The molecular formula is C20H16O2. The maximum Gasteiger partial charge on any atom is 0.105 e. The lowest BCUT2D eigenvalue weighted by molar-refractivity contribution is 0.00683. The highest BCUT2D eigenvalue weighted by Gasteiger charge is 2.28. The summed E-state index contributed by atoms with van der Waals surface area (Å²) in [6.45, 7) is 0. The number of aliphatic hydroxyl groups is 2. The van der Waals surface area contributed by atoms with Crippen LogP contribution in [0.2, 0.25) is 0 Å². The Morgan fingerprint density at radius 1 is 0.818 bits per heavy atom. The molecule has 2 N–H and O–H groups in total. The van der Waals surface area contributed by atoms with Crippen LogP contribution in [0.1, 0.15) is 23.7 Å². The summed E-state index contributed by atoms with van der Waals surface area (Å²) in [5.41, 5.74) is 2.09. The average Bonchev–Trinajstić information content (AvgIpc) is 2.56. The van der Waals surface area contributed by atoms with E-state index in [2.05, 4.69) is 48.5 Å². The molecule has 2 unspecified atom stereocenters. The third-order valence-corrected chi connectivity index (χ3v) is 5.17. The van der Waals surface area contributed by atoms with E-state index in [1.165, 1.54) is 32.5 Å². The minimum atomic E-state index is -0.773. The van der Waals surface area contributed by atoms with Gasteiger partial charge in [-0.1, -0.05) is 42.5 Å². The van der Waals surface area contributed by atoms with Gasteiger partial charge in [-0.2, -0.15) is 0 Å². The van der Waals surface area contributed by atoms with E-state index in [0.29, 0.717) is 6.42 Å². The Kier molecular flexibility index (Phi) is 2.36. The summed E-state index contributed by atoms with van der Waals surface area (Å²) in [5, 5.41) is 27.8. The lowest BCUT2D eigenvalue weighted by Crippen LogP contribution is -2.25. The summed E-state index contributed by atoms with van der Waals surface area (Å²) >= 11 is 0. The number of hydrogen-bond donors (Lipinski definition) is 2. The average molecular weight is 288 g/mol. The summed E-state index contributed by atoms with van der Waals surface area (Å²) in [6, 6.07) is 17.1. The first-order valence-corrected chi connectivity index (χ1v) is 7.79. The monoisotopic (exact) mass is 288 g/mol. The van der Waals surface area contributed by atoms with Crippen LogP contribution in [0.15, 0.2) is 48.5 Å². The Hall–Kier alpha value is -2.16. The van der Waals surface area contributed by atoms with Gasteiger partial charge >= 0.3 is 0 Å². The third-order valence-electron chi connectivity index (χ3n) is 5.17. The van der Waals surface area contributed by atoms with Gasteiger partial charge in [0, 0.05) is 0 Å². The van der Waals surface area contributed by atoms with Crippen LogP contribution in [0.4, 0.5) is 0 Å². The molecule has 0 radical (unpaired) electrons. The van der Waals surface area contributed by atoms with Crippen LogP contribution in [-0.4, -0.2) is 16.3 Å². The van der Waals surface area contributed by atoms with Crippen molar-refractivity contribution in [1.82, 2.24) is 0 Å². The topological polar surface area (TPSA) is 40.5 Å². The first kappa shape index (κ1) is 12.4. The molecule has 2 heteroatoms. The van der Waals surface area contributed by atoms with Gasteiger partial charge in [-0.3, -0.25) is 0 Å². The van der Waals surface area contributed by atoms with Gasteiger partial charge in [0.2, 0.25) is 0 Å². The molecule has 0 bridgehead atoms. The smallest absolute Gasteiger partial charge is 0.105 e. The molecule has 0 heterocycles. The van der Waals surface area contributed by atoms with Gasteiger partial charge in [0.25, 0.3) is 0 Å². The van der Waals surface area contributed by atoms with Crippen LogP contribution in [-0.2, 0) is 6.42 Å². The predicted molar refractivity (Wildman–Crippen MR) is 89.4 cm³/mol. The van der Waals surface area contributed by atoms with Crippen molar-refractivity contribution in [3.8, 4) is 0 Å². The van der Waals surface area contributed by atoms with Gasteiger partial charge in [0.15, 0.2) is 0 Å². The molecule has 0 spiro atoms. The Bertz CT molecular complexity index is 1000. The molecule has 2 atom stereocenters. The Balaban J connectivity index is 2.01. The molecule has 1 aliphatic rings. The normalized spacial score (nSPS) is 21.7. The Morgan fingerprint density at radius 3 is 2.36 bits per heavy atom. The van der Waals surface area contributed by atoms with Gasteiger partial charge in [-0.05, 0) is 62.4 Å². The molecule has 2 nitrogen and oxygen atoms in total. The number of fused-ring (bicyclic) bond motifs is 2. The van der Waals surface area contributed by atoms with Crippen LogP contribution in [0.5, 0.6) is 0 Å². The summed E-state index contributed by atoms with van der Waals surface area (Å²) in [7, 11) is 0. The van der Waals surface area contributed by atoms with Crippen molar-refractivity contribution in [2.45, 2.75) is 25.0 Å². The largest absolute Gasteiger partial charge is 0.390 e. The van der Waals surface area contributed by atoms with E-state index >= 15 is 0 Å². The van der Waals surface area contributed by atoms with Crippen molar-refractivity contribution in [3.63, 3.8) is 0 Å². The van der Waals surface area contributed by atoms with Crippen molar-refractivity contribution in [2.24, 2.45) is 0 Å². The van der Waals surface area contributed by atoms with Crippen molar-refractivity contribution in [1.29, 1.82) is 0 Å². The van der Waals surface area contributed by atoms with Crippen LogP contribution in [0, 0.1) is 0 Å². The van der Waals surface area contributed by atoms with Crippen molar-refractivity contribution >= 4 is 32.3 Å². The lowest BCUT2D eigenvalue weighted by Gasteiger charge is -2.28. The van der Waals surface area contributed by atoms with Gasteiger partial charge < -0.3 is 10.2 Å². The molecule has 0 amide bonds. The van der Waals surface area contributed by atoms with Crippen LogP contribution in [0.25, 0.3) is 32.3 Å². The van der Waals surface area contributed by atoms with E-state index in [9.17, 15) is 10.2 Å². The molecule has 22 heavy (non-hydrogen) atoms. The fourth-order valence-corrected chi connectivity index (χ4v) is 4.09. The van der Waals surface area contributed by atoms with E-state index in [-0.39, 0.29) is 0 Å². The van der Waals surface area contributed by atoms with Crippen LogP contribution >= 0.6 is 0 Å². The van der Waals surface area contributed by atoms with E-state index in [0.717, 1.165) is 17.4 Å². The van der Waals surface area contributed by atoms with Crippen molar-refractivity contribution in [2.75, 3.05) is 0 Å². The summed E-state index contributed by atoms with van der Waals surface area (Å²) in [4.78, 5) is 0. The molecule has 4 aromatic carbocycles. The molecule has 0 aliphatic heterocycles. The molecule has 0 saturated carbocycles. The Morgan fingerprint density at radius 2 is 1.55 bits per heavy atom. The number of rotatable bonds is 0. The first-order valence-electron chi connectivity index (χ1n) is 7.79. The first-order chi connectivity index (χ1) is 10.7. The second-order valence-electron chi connectivity index (χ2n) is 6.35. The van der Waals surface area contributed by atoms with Crippen LogP contribution in [0.3, 0.4) is 0 Å². The predicted octanol–water partition coefficient (Wildman–Crippen LogP) is 3.92. The molecule has 108 valence electrons. The third kappa shape index (κ3) is 1.46. The Labute approximate surface area is 127 Å². The molecule has 1 aliphatic carbocycles. The maximum absolute atomic E-state index is 10.4. The highest BCUT2D eigenvalue weighted by atomic mass is 16.3. The van der Waals surface area contributed by atoms with Crippen LogP contribution < -0.4 is 0 Å². The number of benzene rings is 4. The fourth-order valence-electron chi connectivity index (χ4n) is 4.09. The van der Waals surface area contributed by atoms with Gasteiger partial charge in [0.05, 0.1) is 6.10 Å². The highest BCUT2D eigenvalue weighted by Crippen LogP contribution is 2.41. The minimum Gasteiger partial charge on any atom is -0.390 e. The standard InChI is InChI=1S/C20H16O2/c21-17-9-8-14-15-7-6-12-3-1-2-11-4-5-13(19(15)18(11)12)10-16(14)20(17)22/h1-7,10,17,20-22H,8-9H2. The fraction of sp³-hybridized carbons (Fsp3) is 0.200. The zero-order valence-corrected chi connectivity index (χ0v) is 12.1. The molecular weight excluding hydrogens is 272 g/mol. The van der Waals surface area contributed by atoms with E-state index in [1.54, 1.807) is 0 Å².